The SMILES string of the molecule is CNC(=O)CCCNCCc1cccc(F)c1. The average molecular weight is 238 g/mol. The van der Waals surface area contributed by atoms with Gasteiger partial charge in [-0.3, -0.25) is 4.79 Å². The third-order valence-electron chi connectivity index (χ3n) is 2.52. The molecule has 3 nitrogen and oxygen atoms in total. The average Bonchev–Trinajstić information content (AvgIpc) is 2.33. The monoisotopic (exact) mass is 238 g/mol. The predicted molar refractivity (Wildman–Crippen MR) is 66.3 cm³/mol. The Morgan fingerprint density at radius 1 is 1.35 bits per heavy atom. The highest BCUT2D eigenvalue weighted by atomic mass is 19.1. The number of carbonyl (C=O) groups excluding carboxylic acids is 1. The highest BCUT2D eigenvalue weighted by Crippen LogP contribution is 2.03. The van der Waals surface area contributed by atoms with Gasteiger partial charge in [0.2, 0.25) is 5.91 Å². The van der Waals surface area contributed by atoms with Gasteiger partial charge >= 0.3 is 0 Å². The molecule has 1 aromatic carbocycles. The van der Waals surface area contributed by atoms with Crippen LogP contribution in [-0.2, 0) is 11.2 Å². The molecule has 0 saturated carbocycles. The number of hydrogen-bond acceptors (Lipinski definition) is 2. The molecule has 4 heteroatoms. The van der Waals surface area contributed by atoms with Gasteiger partial charge < -0.3 is 10.6 Å². The van der Waals surface area contributed by atoms with Crippen molar-refractivity contribution in [2.24, 2.45) is 0 Å². The molecule has 17 heavy (non-hydrogen) atoms. The van der Waals surface area contributed by atoms with Gasteiger partial charge in [-0.15, -0.1) is 0 Å². The van der Waals surface area contributed by atoms with Crippen LogP contribution < -0.4 is 10.6 Å². The Kier molecular flexibility index (Phi) is 6.25. The van der Waals surface area contributed by atoms with Crippen molar-refractivity contribution in [2.75, 3.05) is 20.1 Å². The van der Waals surface area contributed by atoms with E-state index < -0.39 is 0 Å². The maximum absolute atomic E-state index is 12.9. The molecule has 0 saturated heterocycles. The van der Waals surface area contributed by atoms with E-state index in [-0.39, 0.29) is 11.7 Å². The fourth-order valence-corrected chi connectivity index (χ4v) is 1.55. The molecule has 0 spiro atoms. The molecular weight excluding hydrogens is 219 g/mol. The summed E-state index contributed by atoms with van der Waals surface area (Å²) in [5.41, 5.74) is 0.990. The molecule has 0 heterocycles. The molecule has 0 bridgehead atoms. The van der Waals surface area contributed by atoms with Crippen LogP contribution in [0.3, 0.4) is 0 Å². The van der Waals surface area contributed by atoms with Gasteiger partial charge in [0.05, 0.1) is 0 Å². The first-order valence-corrected chi connectivity index (χ1v) is 5.88. The normalized spacial score (nSPS) is 10.2. The fraction of sp³-hybridized carbons (Fsp3) is 0.462. The molecule has 1 aromatic rings. The van der Waals surface area contributed by atoms with Crippen molar-refractivity contribution >= 4 is 5.91 Å². The molecular formula is C13H19FN2O. The number of carbonyl (C=O) groups is 1. The summed E-state index contributed by atoms with van der Waals surface area (Å²) >= 11 is 0. The Balaban J connectivity index is 2.06. The minimum atomic E-state index is -0.192. The number of hydrogen-bond donors (Lipinski definition) is 2. The molecule has 1 rings (SSSR count). The zero-order valence-electron chi connectivity index (χ0n) is 10.1. The molecule has 0 aromatic heterocycles. The Labute approximate surface area is 101 Å². The number of halogens is 1. The van der Waals surface area contributed by atoms with E-state index in [0.717, 1.165) is 31.5 Å². The Bertz CT molecular complexity index is 355. The molecule has 0 fully saturated rings. The van der Waals surface area contributed by atoms with Crippen molar-refractivity contribution in [3.05, 3.63) is 35.6 Å². The molecule has 0 aliphatic heterocycles. The minimum absolute atomic E-state index is 0.0666. The van der Waals surface area contributed by atoms with E-state index in [9.17, 15) is 9.18 Å². The topological polar surface area (TPSA) is 41.1 Å². The van der Waals surface area contributed by atoms with Crippen molar-refractivity contribution in [1.29, 1.82) is 0 Å². The zero-order valence-corrected chi connectivity index (χ0v) is 10.1. The maximum Gasteiger partial charge on any atom is 0.219 e. The maximum atomic E-state index is 12.9. The van der Waals surface area contributed by atoms with Crippen molar-refractivity contribution in [3.8, 4) is 0 Å². The van der Waals surface area contributed by atoms with Crippen LogP contribution in [0.25, 0.3) is 0 Å². The summed E-state index contributed by atoms with van der Waals surface area (Å²) in [6.45, 7) is 1.61. The smallest absolute Gasteiger partial charge is 0.219 e. The van der Waals surface area contributed by atoms with Crippen LogP contribution in [0.15, 0.2) is 24.3 Å². The summed E-state index contributed by atoms with van der Waals surface area (Å²) in [7, 11) is 1.64. The molecule has 0 unspecified atom stereocenters. The van der Waals surface area contributed by atoms with Crippen LogP contribution >= 0.6 is 0 Å². The van der Waals surface area contributed by atoms with Crippen LogP contribution in [0.1, 0.15) is 18.4 Å². The van der Waals surface area contributed by atoms with Crippen LogP contribution in [0, 0.1) is 5.82 Å². The fourth-order valence-electron chi connectivity index (χ4n) is 1.55. The van der Waals surface area contributed by atoms with Crippen LogP contribution in [-0.4, -0.2) is 26.0 Å². The van der Waals surface area contributed by atoms with Crippen LogP contribution in [0.5, 0.6) is 0 Å². The standard InChI is InChI=1S/C13H19FN2O/c1-15-13(17)6-3-8-16-9-7-11-4-2-5-12(14)10-11/h2,4-5,10,16H,3,6-9H2,1H3,(H,15,17). The van der Waals surface area contributed by atoms with E-state index in [1.807, 2.05) is 6.07 Å². The summed E-state index contributed by atoms with van der Waals surface area (Å²) in [5.74, 6) is -0.126. The molecule has 0 aliphatic carbocycles. The van der Waals surface area contributed by atoms with Gasteiger partial charge in [0.1, 0.15) is 5.82 Å². The van der Waals surface area contributed by atoms with Gasteiger partial charge in [-0.1, -0.05) is 12.1 Å². The quantitative estimate of drug-likeness (QED) is 0.707. The first-order chi connectivity index (χ1) is 8.22. The summed E-state index contributed by atoms with van der Waals surface area (Å²) < 4.78 is 12.9. The van der Waals surface area contributed by atoms with Crippen molar-refractivity contribution in [1.82, 2.24) is 10.6 Å². The molecule has 0 aliphatic rings. The Hall–Kier alpha value is -1.42. The van der Waals surface area contributed by atoms with Gasteiger partial charge in [0.25, 0.3) is 0 Å². The lowest BCUT2D eigenvalue weighted by molar-refractivity contribution is -0.120. The summed E-state index contributed by atoms with van der Waals surface area (Å²) in [6.07, 6.45) is 2.17. The molecule has 94 valence electrons. The van der Waals surface area contributed by atoms with Crippen LogP contribution in [0.4, 0.5) is 4.39 Å². The predicted octanol–water partition coefficient (Wildman–Crippen LogP) is 1.48. The number of benzene rings is 1. The van der Waals surface area contributed by atoms with E-state index >= 15 is 0 Å². The minimum Gasteiger partial charge on any atom is -0.359 e. The van der Waals surface area contributed by atoms with Crippen LogP contribution in [0.2, 0.25) is 0 Å². The number of nitrogens with one attached hydrogen (secondary N) is 2. The van der Waals surface area contributed by atoms with Gasteiger partial charge in [0.15, 0.2) is 0 Å². The molecule has 2 N–H and O–H groups in total. The molecule has 1 amide bonds. The van der Waals surface area contributed by atoms with E-state index in [1.54, 1.807) is 19.2 Å². The lowest BCUT2D eigenvalue weighted by Gasteiger charge is -2.04. The van der Waals surface area contributed by atoms with Crippen molar-refractivity contribution < 1.29 is 9.18 Å². The van der Waals surface area contributed by atoms with E-state index in [4.69, 9.17) is 0 Å². The van der Waals surface area contributed by atoms with Gasteiger partial charge in [-0.2, -0.15) is 0 Å². The first-order valence-electron chi connectivity index (χ1n) is 5.88. The summed E-state index contributed by atoms with van der Waals surface area (Å²) in [4.78, 5) is 10.9. The first kappa shape index (κ1) is 13.6. The lowest BCUT2D eigenvalue weighted by atomic mass is 10.1. The number of amides is 1. The van der Waals surface area contributed by atoms with Crippen molar-refractivity contribution in [3.63, 3.8) is 0 Å². The van der Waals surface area contributed by atoms with E-state index in [0.29, 0.717) is 6.42 Å². The molecule has 0 radical (unpaired) electrons. The second-order valence-corrected chi connectivity index (χ2v) is 3.91. The second-order valence-electron chi connectivity index (χ2n) is 3.91. The van der Waals surface area contributed by atoms with Crippen molar-refractivity contribution in [2.45, 2.75) is 19.3 Å². The largest absolute Gasteiger partial charge is 0.359 e. The Morgan fingerprint density at radius 2 is 2.18 bits per heavy atom. The highest BCUT2D eigenvalue weighted by molar-refractivity contribution is 5.75. The van der Waals surface area contributed by atoms with Gasteiger partial charge in [-0.05, 0) is 43.6 Å². The summed E-state index contributed by atoms with van der Waals surface area (Å²) in [5, 5.41) is 5.81. The van der Waals surface area contributed by atoms with E-state index in [1.165, 1.54) is 6.07 Å². The highest BCUT2D eigenvalue weighted by Gasteiger charge is 1.97. The lowest BCUT2D eigenvalue weighted by Crippen LogP contribution is -2.22. The zero-order chi connectivity index (χ0) is 12.5. The van der Waals surface area contributed by atoms with Gasteiger partial charge in [0, 0.05) is 13.5 Å². The summed E-state index contributed by atoms with van der Waals surface area (Å²) in [6, 6.07) is 6.62. The number of rotatable bonds is 7. The van der Waals surface area contributed by atoms with Gasteiger partial charge in [-0.25, -0.2) is 4.39 Å². The third-order valence-corrected chi connectivity index (χ3v) is 2.52. The van der Waals surface area contributed by atoms with E-state index in [2.05, 4.69) is 10.6 Å². The Morgan fingerprint density at radius 3 is 2.88 bits per heavy atom. The third kappa shape index (κ3) is 6.02. The molecule has 0 atom stereocenters. The second kappa shape index (κ2) is 7.79.